The third-order valence-corrected chi connectivity index (χ3v) is 4.45. The fraction of sp³-hybridized carbons (Fsp3) is 0.273. The summed E-state index contributed by atoms with van der Waals surface area (Å²) in [5.41, 5.74) is 3.99. The SMILES string of the molecule is CN(Cc1ccc(N(C)C)cc1)C(=O)NCCc1coc(-c2ccccc2)n1. The molecule has 1 aromatic heterocycles. The number of hydrogen-bond acceptors (Lipinski definition) is 4. The summed E-state index contributed by atoms with van der Waals surface area (Å²) in [5.74, 6) is 0.597. The highest BCUT2D eigenvalue weighted by molar-refractivity contribution is 5.73. The lowest BCUT2D eigenvalue weighted by atomic mass is 10.2. The van der Waals surface area contributed by atoms with Gasteiger partial charge in [-0.3, -0.25) is 0 Å². The van der Waals surface area contributed by atoms with E-state index in [1.54, 1.807) is 18.2 Å². The summed E-state index contributed by atoms with van der Waals surface area (Å²) >= 11 is 0. The van der Waals surface area contributed by atoms with E-state index in [1.807, 2.05) is 61.5 Å². The molecule has 6 heteroatoms. The zero-order valence-corrected chi connectivity index (χ0v) is 16.6. The molecule has 0 bridgehead atoms. The van der Waals surface area contributed by atoms with Crippen LogP contribution in [-0.2, 0) is 13.0 Å². The molecule has 3 rings (SSSR count). The van der Waals surface area contributed by atoms with E-state index in [-0.39, 0.29) is 6.03 Å². The molecule has 0 aliphatic carbocycles. The average molecular weight is 378 g/mol. The molecule has 0 spiro atoms. The van der Waals surface area contributed by atoms with Crippen molar-refractivity contribution < 1.29 is 9.21 Å². The van der Waals surface area contributed by atoms with Gasteiger partial charge in [-0.25, -0.2) is 9.78 Å². The molecular formula is C22H26N4O2. The van der Waals surface area contributed by atoms with Crippen molar-refractivity contribution in [2.24, 2.45) is 0 Å². The number of amides is 2. The first-order valence-electron chi connectivity index (χ1n) is 9.28. The number of carbonyl (C=O) groups is 1. The highest BCUT2D eigenvalue weighted by Gasteiger charge is 2.10. The molecule has 6 nitrogen and oxygen atoms in total. The third kappa shape index (κ3) is 5.13. The van der Waals surface area contributed by atoms with Gasteiger partial charge in [0.25, 0.3) is 0 Å². The van der Waals surface area contributed by atoms with Crippen LogP contribution in [0.3, 0.4) is 0 Å². The Balaban J connectivity index is 1.45. The van der Waals surface area contributed by atoms with Gasteiger partial charge in [0.05, 0.1) is 5.69 Å². The molecule has 146 valence electrons. The fourth-order valence-corrected chi connectivity index (χ4v) is 2.81. The molecule has 0 fully saturated rings. The van der Waals surface area contributed by atoms with Gasteiger partial charge in [0.15, 0.2) is 0 Å². The molecule has 0 atom stereocenters. The van der Waals surface area contributed by atoms with Gasteiger partial charge in [-0.2, -0.15) is 0 Å². The van der Waals surface area contributed by atoms with E-state index in [4.69, 9.17) is 4.42 Å². The lowest BCUT2D eigenvalue weighted by molar-refractivity contribution is 0.207. The summed E-state index contributed by atoms with van der Waals surface area (Å²) in [6.45, 7) is 1.06. The number of aromatic nitrogens is 1. The fourth-order valence-electron chi connectivity index (χ4n) is 2.81. The first-order valence-corrected chi connectivity index (χ1v) is 9.28. The van der Waals surface area contributed by atoms with Crippen LogP contribution in [0, 0.1) is 0 Å². The molecule has 2 amide bonds. The molecule has 0 aliphatic rings. The topological polar surface area (TPSA) is 61.6 Å². The quantitative estimate of drug-likeness (QED) is 0.679. The lowest BCUT2D eigenvalue weighted by Gasteiger charge is -2.19. The summed E-state index contributed by atoms with van der Waals surface area (Å²) in [6.07, 6.45) is 2.26. The van der Waals surface area contributed by atoms with E-state index in [0.29, 0.717) is 25.4 Å². The van der Waals surface area contributed by atoms with E-state index in [9.17, 15) is 4.79 Å². The molecule has 3 aromatic rings. The number of hydrogen-bond donors (Lipinski definition) is 1. The van der Waals surface area contributed by atoms with Crippen LogP contribution in [0.25, 0.3) is 11.5 Å². The van der Waals surface area contributed by atoms with Gasteiger partial charge in [-0.05, 0) is 29.8 Å². The van der Waals surface area contributed by atoms with Crippen LogP contribution in [-0.4, -0.2) is 43.6 Å². The minimum Gasteiger partial charge on any atom is -0.444 e. The zero-order valence-electron chi connectivity index (χ0n) is 16.6. The number of urea groups is 1. The van der Waals surface area contributed by atoms with Gasteiger partial charge in [-0.15, -0.1) is 0 Å². The van der Waals surface area contributed by atoms with Crippen molar-refractivity contribution in [3.63, 3.8) is 0 Å². The Labute approximate surface area is 165 Å². The number of nitrogens with zero attached hydrogens (tertiary/aromatic N) is 3. The highest BCUT2D eigenvalue weighted by atomic mass is 16.3. The lowest BCUT2D eigenvalue weighted by Crippen LogP contribution is -2.37. The predicted octanol–water partition coefficient (Wildman–Crippen LogP) is 3.79. The second-order valence-electron chi connectivity index (χ2n) is 6.91. The largest absolute Gasteiger partial charge is 0.444 e. The first kappa shape index (κ1) is 19.5. The van der Waals surface area contributed by atoms with Crippen LogP contribution in [0.15, 0.2) is 65.3 Å². The maximum atomic E-state index is 12.3. The van der Waals surface area contributed by atoms with Crippen molar-refractivity contribution >= 4 is 11.7 Å². The summed E-state index contributed by atoms with van der Waals surface area (Å²) in [5, 5.41) is 2.93. The Kier molecular flexibility index (Phi) is 6.32. The minimum absolute atomic E-state index is 0.108. The standard InChI is InChI=1S/C22H26N4O2/c1-25(2)20-11-9-17(10-12-20)15-26(3)22(27)23-14-13-19-16-28-21(24-19)18-7-5-4-6-8-18/h4-12,16H,13-15H2,1-3H3,(H,23,27). The van der Waals surface area contributed by atoms with E-state index in [1.165, 1.54) is 0 Å². The van der Waals surface area contributed by atoms with E-state index < -0.39 is 0 Å². The van der Waals surface area contributed by atoms with Gasteiger partial charge >= 0.3 is 6.03 Å². The van der Waals surface area contributed by atoms with Crippen molar-refractivity contribution in [1.82, 2.24) is 15.2 Å². The van der Waals surface area contributed by atoms with Crippen LogP contribution in [0.2, 0.25) is 0 Å². The van der Waals surface area contributed by atoms with Crippen LogP contribution >= 0.6 is 0 Å². The average Bonchev–Trinajstić information content (AvgIpc) is 3.18. The number of rotatable bonds is 7. The number of oxazole rings is 1. The molecule has 2 aromatic carbocycles. The Bertz CT molecular complexity index is 888. The van der Waals surface area contributed by atoms with Crippen LogP contribution in [0.4, 0.5) is 10.5 Å². The summed E-state index contributed by atoms with van der Waals surface area (Å²) < 4.78 is 5.52. The Morgan fingerprint density at radius 1 is 1.04 bits per heavy atom. The Morgan fingerprint density at radius 3 is 2.43 bits per heavy atom. The predicted molar refractivity (Wildman–Crippen MR) is 111 cm³/mol. The second-order valence-corrected chi connectivity index (χ2v) is 6.91. The van der Waals surface area contributed by atoms with Gasteiger partial charge < -0.3 is 19.5 Å². The zero-order chi connectivity index (χ0) is 19.9. The summed E-state index contributed by atoms with van der Waals surface area (Å²) in [7, 11) is 5.80. The molecule has 0 saturated carbocycles. The molecule has 1 heterocycles. The third-order valence-electron chi connectivity index (χ3n) is 4.45. The highest BCUT2D eigenvalue weighted by Crippen LogP contribution is 2.18. The molecule has 0 radical (unpaired) electrons. The smallest absolute Gasteiger partial charge is 0.317 e. The van der Waals surface area contributed by atoms with Crippen molar-refractivity contribution in [3.8, 4) is 11.5 Å². The van der Waals surface area contributed by atoms with Crippen LogP contribution < -0.4 is 10.2 Å². The number of nitrogens with one attached hydrogen (secondary N) is 1. The molecule has 0 saturated heterocycles. The Hall–Kier alpha value is -3.28. The number of anilines is 1. The maximum Gasteiger partial charge on any atom is 0.317 e. The number of benzene rings is 2. The molecule has 1 N–H and O–H groups in total. The van der Waals surface area contributed by atoms with E-state index in [2.05, 4.69) is 22.4 Å². The summed E-state index contributed by atoms with van der Waals surface area (Å²) in [6, 6.07) is 17.8. The van der Waals surface area contributed by atoms with Crippen LogP contribution in [0.1, 0.15) is 11.3 Å². The minimum atomic E-state index is -0.108. The van der Waals surface area contributed by atoms with Crippen molar-refractivity contribution in [3.05, 3.63) is 72.1 Å². The molecule has 0 aliphatic heterocycles. The summed E-state index contributed by atoms with van der Waals surface area (Å²) in [4.78, 5) is 20.5. The van der Waals surface area contributed by atoms with Crippen molar-refractivity contribution in [2.75, 3.05) is 32.6 Å². The number of carbonyl (C=O) groups excluding carboxylic acids is 1. The molecular weight excluding hydrogens is 352 g/mol. The van der Waals surface area contributed by atoms with Gasteiger partial charge in [-0.1, -0.05) is 30.3 Å². The van der Waals surface area contributed by atoms with E-state index in [0.717, 1.165) is 22.5 Å². The molecule has 28 heavy (non-hydrogen) atoms. The Morgan fingerprint density at radius 2 is 1.75 bits per heavy atom. The van der Waals surface area contributed by atoms with E-state index >= 15 is 0 Å². The van der Waals surface area contributed by atoms with Gasteiger partial charge in [0, 0.05) is 51.9 Å². The van der Waals surface area contributed by atoms with Gasteiger partial charge in [0.2, 0.25) is 5.89 Å². The van der Waals surface area contributed by atoms with Crippen LogP contribution in [0.5, 0.6) is 0 Å². The van der Waals surface area contributed by atoms with Crippen molar-refractivity contribution in [2.45, 2.75) is 13.0 Å². The van der Waals surface area contributed by atoms with Crippen molar-refractivity contribution in [1.29, 1.82) is 0 Å². The molecule has 0 unspecified atom stereocenters. The normalized spacial score (nSPS) is 10.5. The maximum absolute atomic E-state index is 12.3. The monoisotopic (exact) mass is 378 g/mol. The first-order chi connectivity index (χ1) is 13.5. The van der Waals surface area contributed by atoms with Gasteiger partial charge in [0.1, 0.15) is 6.26 Å². The second kappa shape index (κ2) is 9.08.